The Morgan fingerprint density at radius 3 is 2.56 bits per heavy atom. The summed E-state index contributed by atoms with van der Waals surface area (Å²) >= 11 is 0. The van der Waals surface area contributed by atoms with Gasteiger partial charge in [0.1, 0.15) is 17.4 Å². The summed E-state index contributed by atoms with van der Waals surface area (Å²) in [6, 6.07) is 9.13. The van der Waals surface area contributed by atoms with Gasteiger partial charge in [-0.3, -0.25) is 4.57 Å². The molecule has 0 N–H and O–H groups in total. The molecular weight excluding hydrogens is 369 g/mol. The molecule has 0 unspecified atom stereocenters. The molecule has 3 aromatic rings. The van der Waals surface area contributed by atoms with Crippen molar-refractivity contribution in [2.24, 2.45) is 0 Å². The Hall–Kier alpha value is -2.48. The first-order valence-electron chi connectivity index (χ1n) is 8.95. The molecule has 1 aromatic carbocycles. The average molecular weight is 389 g/mol. The third-order valence-electron chi connectivity index (χ3n) is 4.82. The lowest BCUT2D eigenvalue weighted by atomic mass is 10.1. The lowest BCUT2D eigenvalue weighted by molar-refractivity contribution is 0.473. The van der Waals surface area contributed by atoms with E-state index < -0.39 is 20.9 Å². The highest BCUT2D eigenvalue weighted by atomic mass is 32.2. The second-order valence-corrected chi connectivity index (χ2v) is 8.80. The zero-order chi connectivity index (χ0) is 19.0. The van der Waals surface area contributed by atoms with Crippen LogP contribution >= 0.6 is 0 Å². The van der Waals surface area contributed by atoms with Crippen LogP contribution in [0.1, 0.15) is 54.5 Å². The van der Waals surface area contributed by atoms with Gasteiger partial charge in [0.25, 0.3) is 5.16 Å². The number of sulfone groups is 1. The highest BCUT2D eigenvalue weighted by Gasteiger charge is 2.37. The van der Waals surface area contributed by atoms with Gasteiger partial charge in [0.15, 0.2) is 0 Å². The predicted molar refractivity (Wildman–Crippen MR) is 96.4 cm³/mol. The quantitative estimate of drug-likeness (QED) is 0.613. The van der Waals surface area contributed by atoms with Crippen LogP contribution in [0, 0.1) is 5.82 Å². The molecule has 4 rings (SSSR count). The molecular formula is C19H20FN3O3S. The van der Waals surface area contributed by atoms with E-state index in [0.717, 1.165) is 12.8 Å². The fourth-order valence-electron chi connectivity index (χ4n) is 3.30. The van der Waals surface area contributed by atoms with Crippen molar-refractivity contribution >= 4 is 9.84 Å². The molecule has 8 heteroatoms. The van der Waals surface area contributed by atoms with Crippen molar-refractivity contribution in [1.29, 1.82) is 0 Å². The van der Waals surface area contributed by atoms with Gasteiger partial charge < -0.3 is 4.42 Å². The average Bonchev–Trinajstić information content (AvgIpc) is 3.18. The summed E-state index contributed by atoms with van der Waals surface area (Å²) in [5.41, 5.74) is 0.541. The smallest absolute Gasteiger partial charge is 0.250 e. The SMILES string of the molecule is CC[C@H](c1ccc(F)cc1)S(=O)(=O)c1nnc(C2CC2)n1Cc1ccco1. The molecule has 0 amide bonds. The second-order valence-electron chi connectivity index (χ2n) is 6.77. The standard InChI is InChI=1S/C19H20FN3O3S/c1-2-17(13-7-9-15(20)10-8-13)27(24,25)19-22-21-18(14-5-6-14)23(19)12-16-4-3-11-26-16/h3-4,7-11,14,17H,2,5-6,12H2,1H3/t17-/m1/s1. The van der Waals surface area contributed by atoms with Crippen molar-refractivity contribution in [3.05, 3.63) is 65.6 Å². The lowest BCUT2D eigenvalue weighted by Crippen LogP contribution is -2.19. The summed E-state index contributed by atoms with van der Waals surface area (Å²) in [4.78, 5) is 0. The van der Waals surface area contributed by atoms with Crippen LogP contribution in [0.15, 0.2) is 52.2 Å². The number of aromatic nitrogens is 3. The maximum atomic E-state index is 13.4. The summed E-state index contributed by atoms with van der Waals surface area (Å²) in [6.07, 6.45) is 3.86. The third-order valence-corrected chi connectivity index (χ3v) is 6.99. The van der Waals surface area contributed by atoms with Gasteiger partial charge in [-0.15, -0.1) is 10.2 Å². The van der Waals surface area contributed by atoms with E-state index in [9.17, 15) is 12.8 Å². The Morgan fingerprint density at radius 1 is 1.22 bits per heavy atom. The maximum absolute atomic E-state index is 13.4. The fraction of sp³-hybridized carbons (Fsp3) is 0.368. The molecule has 0 spiro atoms. The Labute approximate surface area is 157 Å². The zero-order valence-electron chi connectivity index (χ0n) is 14.9. The first kappa shape index (κ1) is 17.9. The molecule has 1 aliphatic rings. The number of benzene rings is 1. The minimum atomic E-state index is -3.81. The van der Waals surface area contributed by atoms with Crippen LogP contribution in [-0.2, 0) is 16.4 Å². The molecule has 0 aliphatic heterocycles. The number of hydrogen-bond donors (Lipinski definition) is 0. The number of halogens is 1. The van der Waals surface area contributed by atoms with Crippen molar-refractivity contribution in [2.45, 2.75) is 49.1 Å². The molecule has 0 saturated heterocycles. The van der Waals surface area contributed by atoms with E-state index in [-0.39, 0.29) is 17.6 Å². The molecule has 1 saturated carbocycles. The van der Waals surface area contributed by atoms with Gasteiger partial charge in [0.05, 0.1) is 18.1 Å². The van der Waals surface area contributed by atoms with Crippen molar-refractivity contribution in [3.8, 4) is 0 Å². The summed E-state index contributed by atoms with van der Waals surface area (Å²) in [6.45, 7) is 2.06. The molecule has 1 fully saturated rings. The fourth-order valence-corrected chi connectivity index (χ4v) is 5.13. The largest absolute Gasteiger partial charge is 0.467 e. The van der Waals surface area contributed by atoms with Crippen LogP contribution in [0.4, 0.5) is 4.39 Å². The summed E-state index contributed by atoms with van der Waals surface area (Å²) < 4.78 is 47.1. The van der Waals surface area contributed by atoms with Gasteiger partial charge in [-0.25, -0.2) is 12.8 Å². The molecule has 0 radical (unpaired) electrons. The Kier molecular flexibility index (Phi) is 4.59. The minimum absolute atomic E-state index is 0.0584. The van der Waals surface area contributed by atoms with Crippen molar-refractivity contribution in [3.63, 3.8) is 0 Å². The minimum Gasteiger partial charge on any atom is -0.467 e. The molecule has 6 nitrogen and oxygen atoms in total. The van der Waals surface area contributed by atoms with E-state index in [0.29, 0.717) is 23.6 Å². The lowest BCUT2D eigenvalue weighted by Gasteiger charge is -2.17. The van der Waals surface area contributed by atoms with Crippen LogP contribution in [0.5, 0.6) is 0 Å². The van der Waals surface area contributed by atoms with Crippen molar-refractivity contribution in [2.75, 3.05) is 0 Å². The van der Waals surface area contributed by atoms with Crippen molar-refractivity contribution in [1.82, 2.24) is 14.8 Å². The first-order valence-corrected chi connectivity index (χ1v) is 10.5. The molecule has 142 valence electrons. The van der Waals surface area contributed by atoms with E-state index in [1.165, 1.54) is 24.3 Å². The van der Waals surface area contributed by atoms with Crippen LogP contribution in [0.2, 0.25) is 0 Å². The number of rotatable bonds is 7. The Balaban J connectivity index is 1.77. The van der Waals surface area contributed by atoms with Gasteiger partial charge in [0.2, 0.25) is 9.84 Å². The van der Waals surface area contributed by atoms with Crippen LogP contribution < -0.4 is 0 Å². The summed E-state index contributed by atoms with van der Waals surface area (Å²) in [7, 11) is -3.81. The zero-order valence-corrected chi connectivity index (χ0v) is 15.7. The van der Waals surface area contributed by atoms with Crippen LogP contribution in [-0.4, -0.2) is 23.2 Å². The molecule has 2 aromatic heterocycles. The second kappa shape index (κ2) is 6.92. The number of nitrogens with zero attached hydrogens (tertiary/aromatic N) is 3. The van der Waals surface area contributed by atoms with E-state index in [4.69, 9.17) is 4.42 Å². The van der Waals surface area contributed by atoms with E-state index >= 15 is 0 Å². The van der Waals surface area contributed by atoms with Crippen LogP contribution in [0.3, 0.4) is 0 Å². The highest BCUT2D eigenvalue weighted by molar-refractivity contribution is 7.91. The third kappa shape index (κ3) is 3.41. The summed E-state index contributed by atoms with van der Waals surface area (Å²) in [5, 5.41) is 7.36. The van der Waals surface area contributed by atoms with Gasteiger partial charge in [-0.1, -0.05) is 19.1 Å². The molecule has 0 bridgehead atoms. The van der Waals surface area contributed by atoms with Crippen molar-refractivity contribution < 1.29 is 17.2 Å². The maximum Gasteiger partial charge on any atom is 0.250 e. The molecule has 1 aliphatic carbocycles. The van der Waals surface area contributed by atoms with E-state index in [1.807, 2.05) is 0 Å². The molecule has 27 heavy (non-hydrogen) atoms. The van der Waals surface area contributed by atoms with Gasteiger partial charge in [0, 0.05) is 5.92 Å². The van der Waals surface area contributed by atoms with E-state index in [1.54, 1.807) is 29.9 Å². The van der Waals surface area contributed by atoms with E-state index in [2.05, 4.69) is 10.2 Å². The number of hydrogen-bond acceptors (Lipinski definition) is 5. The predicted octanol–water partition coefficient (Wildman–Crippen LogP) is 3.86. The highest BCUT2D eigenvalue weighted by Crippen LogP contribution is 2.41. The number of furan rings is 1. The molecule has 1 atom stereocenters. The van der Waals surface area contributed by atoms with Gasteiger partial charge >= 0.3 is 0 Å². The monoisotopic (exact) mass is 389 g/mol. The van der Waals surface area contributed by atoms with Gasteiger partial charge in [-0.05, 0) is 49.1 Å². The first-order chi connectivity index (χ1) is 13.0. The summed E-state index contributed by atoms with van der Waals surface area (Å²) in [5.74, 6) is 1.16. The normalized spacial score (nSPS) is 15.8. The van der Waals surface area contributed by atoms with Crippen LogP contribution in [0.25, 0.3) is 0 Å². The van der Waals surface area contributed by atoms with Gasteiger partial charge in [-0.2, -0.15) is 0 Å². The topological polar surface area (TPSA) is 78.0 Å². The Morgan fingerprint density at radius 2 is 1.96 bits per heavy atom. The molecule has 2 heterocycles. The Bertz CT molecular complexity index is 1020.